The summed E-state index contributed by atoms with van der Waals surface area (Å²) in [7, 11) is 0. The molecule has 0 N–H and O–H groups in total. The van der Waals surface area contributed by atoms with Gasteiger partial charge in [-0.3, -0.25) is 14.5 Å². The minimum Gasteiger partial charge on any atom is -0.487 e. The molecule has 3 aliphatic carbocycles. The summed E-state index contributed by atoms with van der Waals surface area (Å²) in [5.74, 6) is 1.21. The standard InChI is InChI=1S/C36H41F3N2O4/c1-22(2)20-41(31(43)14-11-24-9-12-27(13-10-24)36(37,38)39)28-15-16-35(45-23(3)42)30-19-26-5-4-6-29-32(26)34(35,33(28)44-29)17-18-40(30)21-25-7-8-25/h4-6,9-14,22,25,28,30,33H,7-8,15-21H2,1-3H3/b14-11+/t28?,30-,33?,34+,35-/m1/s1. The van der Waals surface area contributed by atoms with E-state index in [9.17, 15) is 22.8 Å². The van der Waals surface area contributed by atoms with E-state index in [0.717, 1.165) is 49.4 Å². The van der Waals surface area contributed by atoms with Crippen LogP contribution in [0.3, 0.4) is 0 Å². The predicted octanol–water partition coefficient (Wildman–Crippen LogP) is 6.41. The molecular formula is C36H41F3N2O4. The molecule has 45 heavy (non-hydrogen) atoms. The van der Waals surface area contributed by atoms with E-state index in [1.165, 1.54) is 43.5 Å². The maximum atomic E-state index is 14.0. The zero-order valence-corrected chi connectivity index (χ0v) is 26.1. The largest absolute Gasteiger partial charge is 0.487 e. The van der Waals surface area contributed by atoms with Gasteiger partial charge in [0.1, 0.15) is 17.5 Å². The maximum Gasteiger partial charge on any atom is 0.416 e. The summed E-state index contributed by atoms with van der Waals surface area (Å²) in [4.78, 5) is 31.4. The molecule has 5 atom stereocenters. The summed E-state index contributed by atoms with van der Waals surface area (Å²) in [6.45, 7) is 8.04. The molecule has 1 spiro atoms. The molecule has 3 fully saturated rings. The topological polar surface area (TPSA) is 59.1 Å². The van der Waals surface area contributed by atoms with Gasteiger partial charge in [0.05, 0.1) is 23.1 Å². The predicted molar refractivity (Wildman–Crippen MR) is 163 cm³/mol. The van der Waals surface area contributed by atoms with Gasteiger partial charge in [-0.1, -0.05) is 38.1 Å². The monoisotopic (exact) mass is 622 g/mol. The first-order valence-corrected chi connectivity index (χ1v) is 16.3. The van der Waals surface area contributed by atoms with Crippen molar-refractivity contribution in [2.75, 3.05) is 19.6 Å². The summed E-state index contributed by atoms with van der Waals surface area (Å²) in [5, 5.41) is 0. The second-order valence-corrected chi connectivity index (χ2v) is 14.1. The zero-order chi connectivity index (χ0) is 31.7. The van der Waals surface area contributed by atoms with Crippen LogP contribution in [0.1, 0.15) is 75.1 Å². The molecule has 2 aromatic rings. The molecule has 2 aliphatic heterocycles. The van der Waals surface area contributed by atoms with Crippen molar-refractivity contribution in [2.45, 2.75) is 94.7 Å². The van der Waals surface area contributed by atoms with Crippen LogP contribution in [0.25, 0.3) is 6.08 Å². The van der Waals surface area contributed by atoms with E-state index >= 15 is 0 Å². The molecule has 2 bridgehead atoms. The number of benzene rings is 2. The van der Waals surface area contributed by atoms with Gasteiger partial charge in [-0.25, -0.2) is 0 Å². The quantitative estimate of drug-likeness (QED) is 0.252. The first-order valence-electron chi connectivity index (χ1n) is 16.3. The molecule has 240 valence electrons. The molecule has 7 rings (SSSR count). The lowest BCUT2D eigenvalue weighted by Crippen LogP contribution is -2.79. The lowest BCUT2D eigenvalue weighted by atomic mass is 9.48. The Labute approximate surface area is 262 Å². The molecule has 2 aromatic carbocycles. The third-order valence-electron chi connectivity index (χ3n) is 10.8. The Morgan fingerprint density at radius 3 is 2.53 bits per heavy atom. The Kier molecular flexibility index (Phi) is 7.34. The van der Waals surface area contributed by atoms with Crippen molar-refractivity contribution in [1.82, 2.24) is 9.80 Å². The molecule has 0 aromatic heterocycles. The van der Waals surface area contributed by atoms with E-state index in [4.69, 9.17) is 9.47 Å². The third kappa shape index (κ3) is 4.97. The number of hydrogen-bond donors (Lipinski definition) is 0. The van der Waals surface area contributed by atoms with Crippen molar-refractivity contribution in [1.29, 1.82) is 0 Å². The van der Waals surface area contributed by atoms with Crippen molar-refractivity contribution in [2.24, 2.45) is 11.8 Å². The highest BCUT2D eigenvalue weighted by Gasteiger charge is 2.75. The number of carbonyl (C=O) groups is 2. The van der Waals surface area contributed by atoms with E-state index in [-0.39, 0.29) is 29.9 Å². The van der Waals surface area contributed by atoms with Crippen molar-refractivity contribution in [3.63, 3.8) is 0 Å². The number of likely N-dealkylation sites (tertiary alicyclic amines) is 1. The van der Waals surface area contributed by atoms with Crippen molar-refractivity contribution < 1.29 is 32.2 Å². The Balaban J connectivity index is 1.26. The number of ether oxygens (including phenoxy) is 2. The second kappa shape index (κ2) is 10.9. The third-order valence-corrected chi connectivity index (χ3v) is 10.8. The molecule has 1 amide bonds. The highest BCUT2D eigenvalue weighted by Crippen LogP contribution is 2.66. The number of esters is 1. The maximum absolute atomic E-state index is 14.0. The van der Waals surface area contributed by atoms with Gasteiger partial charge >= 0.3 is 12.1 Å². The van der Waals surface area contributed by atoms with Crippen LogP contribution in [-0.4, -0.2) is 65.1 Å². The number of piperidine rings is 1. The van der Waals surface area contributed by atoms with Gasteiger partial charge in [0.25, 0.3) is 0 Å². The molecule has 2 saturated carbocycles. The molecule has 9 heteroatoms. The van der Waals surface area contributed by atoms with Gasteiger partial charge < -0.3 is 14.4 Å². The molecule has 5 aliphatic rings. The van der Waals surface area contributed by atoms with Gasteiger partial charge in [0.15, 0.2) is 0 Å². The van der Waals surface area contributed by atoms with E-state index in [0.29, 0.717) is 30.9 Å². The van der Waals surface area contributed by atoms with Crippen LogP contribution in [0.4, 0.5) is 13.2 Å². The lowest BCUT2D eigenvalue weighted by Gasteiger charge is -2.65. The summed E-state index contributed by atoms with van der Waals surface area (Å²) in [5.41, 5.74) is 0.854. The number of alkyl halides is 3. The van der Waals surface area contributed by atoms with Crippen molar-refractivity contribution in [3.8, 4) is 5.75 Å². The van der Waals surface area contributed by atoms with E-state index in [1.54, 1.807) is 6.08 Å². The van der Waals surface area contributed by atoms with Crippen LogP contribution in [0, 0.1) is 11.8 Å². The number of nitrogens with zero attached hydrogens (tertiary/aromatic N) is 2. The number of rotatable bonds is 8. The fraction of sp³-hybridized carbons (Fsp3) is 0.556. The summed E-state index contributed by atoms with van der Waals surface area (Å²) >= 11 is 0. The highest BCUT2D eigenvalue weighted by atomic mass is 19.4. The number of hydrogen-bond acceptors (Lipinski definition) is 5. The molecule has 0 radical (unpaired) electrons. The second-order valence-electron chi connectivity index (χ2n) is 14.1. The van der Waals surface area contributed by atoms with Gasteiger partial charge in [-0.05, 0) is 92.3 Å². The number of amides is 1. The molecule has 6 nitrogen and oxygen atoms in total. The van der Waals surface area contributed by atoms with Crippen LogP contribution in [0.15, 0.2) is 48.5 Å². The van der Waals surface area contributed by atoms with Crippen LogP contribution >= 0.6 is 0 Å². The van der Waals surface area contributed by atoms with Crippen molar-refractivity contribution >= 4 is 18.0 Å². The summed E-state index contributed by atoms with van der Waals surface area (Å²) < 4.78 is 52.7. The minimum atomic E-state index is -4.42. The number of halogens is 3. The zero-order valence-electron chi connectivity index (χ0n) is 26.1. The minimum absolute atomic E-state index is 0.0393. The molecule has 2 heterocycles. The van der Waals surface area contributed by atoms with Gasteiger partial charge in [0, 0.05) is 31.7 Å². The van der Waals surface area contributed by atoms with Crippen LogP contribution in [0.5, 0.6) is 5.75 Å². The van der Waals surface area contributed by atoms with E-state index in [1.807, 2.05) is 17.0 Å². The Morgan fingerprint density at radius 2 is 1.87 bits per heavy atom. The van der Waals surface area contributed by atoms with Gasteiger partial charge in [-0.2, -0.15) is 13.2 Å². The number of carbonyl (C=O) groups excluding carboxylic acids is 2. The summed E-state index contributed by atoms with van der Waals surface area (Å²) in [6.07, 6.45) is 3.54. The van der Waals surface area contributed by atoms with Gasteiger partial charge in [-0.15, -0.1) is 0 Å². The van der Waals surface area contributed by atoms with E-state index in [2.05, 4.69) is 24.8 Å². The SMILES string of the molecule is CC(=O)O[C@@]12CCC(N(CC(C)C)C(=O)/C=C/c3ccc(C(F)(F)F)cc3)C3Oc4cccc5c4[C@@]31CCN(CC1CC1)[C@@H]2C5. The van der Waals surface area contributed by atoms with Crippen LogP contribution < -0.4 is 4.74 Å². The Morgan fingerprint density at radius 1 is 1.11 bits per heavy atom. The highest BCUT2D eigenvalue weighted by molar-refractivity contribution is 5.92. The Bertz CT molecular complexity index is 1520. The first-order chi connectivity index (χ1) is 21.4. The Hall–Kier alpha value is -3.33. The lowest BCUT2D eigenvalue weighted by molar-refractivity contribution is -0.224. The normalized spacial score (nSPS) is 30.2. The smallest absolute Gasteiger partial charge is 0.416 e. The fourth-order valence-corrected chi connectivity index (χ4v) is 9.01. The molecule has 2 unspecified atom stereocenters. The summed E-state index contributed by atoms with van der Waals surface area (Å²) in [6, 6.07) is 10.8. The average molecular weight is 623 g/mol. The van der Waals surface area contributed by atoms with Crippen LogP contribution in [0.2, 0.25) is 0 Å². The fourth-order valence-electron chi connectivity index (χ4n) is 9.01. The molecule has 1 saturated heterocycles. The van der Waals surface area contributed by atoms with E-state index < -0.39 is 28.9 Å². The first kappa shape index (κ1) is 30.3. The average Bonchev–Trinajstić information content (AvgIpc) is 3.73. The van der Waals surface area contributed by atoms with Crippen molar-refractivity contribution in [3.05, 3.63) is 70.8 Å². The van der Waals surface area contributed by atoms with Crippen LogP contribution in [-0.2, 0) is 32.3 Å². The molecular weight excluding hydrogens is 581 g/mol. The van der Waals surface area contributed by atoms with Gasteiger partial charge in [0.2, 0.25) is 5.91 Å².